The first-order valence-electron chi connectivity index (χ1n) is 11.3. The van der Waals surface area contributed by atoms with Crippen LogP contribution in [0.5, 0.6) is 0 Å². The lowest BCUT2D eigenvalue weighted by Crippen LogP contribution is -3.00. The van der Waals surface area contributed by atoms with Crippen molar-refractivity contribution in [3.8, 4) is 0 Å². The minimum atomic E-state index is 0. The van der Waals surface area contributed by atoms with Crippen molar-refractivity contribution in [2.24, 2.45) is 7.05 Å². The van der Waals surface area contributed by atoms with Crippen LogP contribution in [-0.4, -0.2) is 4.98 Å². The zero-order valence-electron chi connectivity index (χ0n) is 17.9. The molecule has 0 amide bonds. The van der Waals surface area contributed by atoms with Gasteiger partial charge in [-0.15, -0.1) is 0 Å². The summed E-state index contributed by atoms with van der Waals surface area (Å²) in [7, 11) is 2.11. The van der Waals surface area contributed by atoms with Crippen molar-refractivity contribution in [2.45, 2.75) is 123 Å². The molecule has 0 saturated carbocycles. The lowest BCUT2D eigenvalue weighted by molar-refractivity contribution is -0.676. The maximum atomic E-state index is 3.46. The van der Waals surface area contributed by atoms with Gasteiger partial charge in [-0.05, 0) is 6.42 Å². The minimum Gasteiger partial charge on any atom is -1.00 e. The van der Waals surface area contributed by atoms with Crippen molar-refractivity contribution >= 4 is 0 Å². The highest BCUT2D eigenvalue weighted by atomic mass is 79.9. The lowest BCUT2D eigenvalue weighted by Gasteiger charge is -2.03. The fourth-order valence-electron chi connectivity index (χ4n) is 3.67. The number of hydrogen-bond acceptors (Lipinski definition) is 0. The van der Waals surface area contributed by atoms with Crippen molar-refractivity contribution in [3.05, 3.63) is 17.7 Å². The van der Waals surface area contributed by atoms with Crippen LogP contribution in [0.15, 0.2) is 6.20 Å². The van der Waals surface area contributed by atoms with Gasteiger partial charge in [0.05, 0.1) is 7.05 Å². The molecule has 0 aliphatic heterocycles. The zero-order chi connectivity index (χ0) is 18.2. The van der Waals surface area contributed by atoms with E-state index in [2.05, 4.69) is 36.6 Å². The maximum Gasteiger partial charge on any atom is 0.251 e. The summed E-state index contributed by atoms with van der Waals surface area (Å²) in [5, 5.41) is 0. The Bertz CT molecular complexity index is 395. The molecular formula is C23H45BrN2. The van der Waals surface area contributed by atoms with Crippen molar-refractivity contribution in [3.63, 3.8) is 0 Å². The Labute approximate surface area is 174 Å². The van der Waals surface area contributed by atoms with E-state index in [0.717, 1.165) is 0 Å². The van der Waals surface area contributed by atoms with Crippen LogP contribution in [0.25, 0.3) is 0 Å². The summed E-state index contributed by atoms with van der Waals surface area (Å²) in [6.07, 6.45) is 26.5. The first kappa shape index (κ1) is 25.7. The SMILES string of the molecule is CCCCCCCCCCCCCCCCCCc1c[n+](C)c(C)[nH]1.[Br-]. The van der Waals surface area contributed by atoms with Crippen molar-refractivity contribution < 1.29 is 21.5 Å². The van der Waals surface area contributed by atoms with E-state index in [1.165, 1.54) is 121 Å². The molecule has 2 nitrogen and oxygen atoms in total. The fourth-order valence-corrected chi connectivity index (χ4v) is 3.67. The smallest absolute Gasteiger partial charge is 0.251 e. The van der Waals surface area contributed by atoms with Gasteiger partial charge >= 0.3 is 0 Å². The first-order valence-corrected chi connectivity index (χ1v) is 11.3. The van der Waals surface area contributed by atoms with Gasteiger partial charge in [-0.3, -0.25) is 0 Å². The number of H-pyrrole nitrogens is 1. The molecule has 0 saturated heterocycles. The molecule has 1 rings (SSSR count). The fraction of sp³-hybridized carbons (Fsp3) is 0.870. The van der Waals surface area contributed by atoms with Crippen LogP contribution in [0.3, 0.4) is 0 Å². The van der Waals surface area contributed by atoms with Gasteiger partial charge in [0.25, 0.3) is 5.82 Å². The summed E-state index contributed by atoms with van der Waals surface area (Å²) >= 11 is 0. The van der Waals surface area contributed by atoms with Gasteiger partial charge in [0.15, 0.2) is 0 Å². The number of rotatable bonds is 17. The van der Waals surface area contributed by atoms with Gasteiger partial charge in [-0.1, -0.05) is 103 Å². The van der Waals surface area contributed by atoms with Gasteiger partial charge in [-0.2, -0.15) is 0 Å². The number of aromatic amines is 1. The van der Waals surface area contributed by atoms with E-state index >= 15 is 0 Å². The van der Waals surface area contributed by atoms with Gasteiger partial charge in [-0.25, -0.2) is 9.55 Å². The molecule has 1 heterocycles. The molecule has 0 spiro atoms. The average molecular weight is 430 g/mol. The molecule has 26 heavy (non-hydrogen) atoms. The summed E-state index contributed by atoms with van der Waals surface area (Å²) in [5.74, 6) is 1.26. The molecule has 0 aliphatic rings. The van der Waals surface area contributed by atoms with E-state index in [1.807, 2.05) is 0 Å². The second-order valence-electron chi connectivity index (χ2n) is 8.03. The summed E-state index contributed by atoms with van der Waals surface area (Å²) < 4.78 is 2.18. The molecule has 0 fully saturated rings. The Morgan fingerprint density at radius 2 is 1.08 bits per heavy atom. The van der Waals surface area contributed by atoms with E-state index in [9.17, 15) is 0 Å². The Kier molecular flexibility index (Phi) is 17.9. The molecule has 1 aromatic heterocycles. The van der Waals surface area contributed by atoms with Crippen molar-refractivity contribution in [1.29, 1.82) is 0 Å². The van der Waals surface area contributed by atoms with E-state index in [-0.39, 0.29) is 17.0 Å². The minimum absolute atomic E-state index is 0. The summed E-state index contributed by atoms with van der Waals surface area (Å²) in [5.41, 5.74) is 1.39. The number of hydrogen-bond donors (Lipinski definition) is 1. The van der Waals surface area contributed by atoms with Crippen LogP contribution >= 0.6 is 0 Å². The van der Waals surface area contributed by atoms with Crippen LogP contribution in [0.4, 0.5) is 0 Å². The highest BCUT2D eigenvalue weighted by Crippen LogP contribution is 2.14. The average Bonchev–Trinajstić information content (AvgIpc) is 2.92. The zero-order valence-corrected chi connectivity index (χ0v) is 19.5. The summed E-state index contributed by atoms with van der Waals surface area (Å²) in [6.45, 7) is 4.43. The van der Waals surface area contributed by atoms with Crippen molar-refractivity contribution in [1.82, 2.24) is 4.98 Å². The Morgan fingerprint density at radius 1 is 0.692 bits per heavy atom. The van der Waals surface area contributed by atoms with Crippen LogP contribution in [0.2, 0.25) is 0 Å². The second kappa shape index (κ2) is 18.1. The Balaban J connectivity index is 0.00000625. The standard InChI is InChI=1S/C23H44N2.BrH/c1-4-5-6-7-8-9-10-11-12-13-14-15-16-17-18-19-20-23-21-25(3)22(2)24-23;/h21H,4-20H2,1-3H3;1H. The van der Waals surface area contributed by atoms with E-state index in [4.69, 9.17) is 0 Å². The first-order chi connectivity index (χ1) is 12.2. The third-order valence-electron chi connectivity index (χ3n) is 5.52. The largest absolute Gasteiger partial charge is 1.00 e. The van der Waals surface area contributed by atoms with Crippen LogP contribution < -0.4 is 21.5 Å². The third kappa shape index (κ3) is 13.8. The van der Waals surface area contributed by atoms with E-state index in [1.54, 1.807) is 0 Å². The predicted molar refractivity (Wildman–Crippen MR) is 110 cm³/mol. The molecule has 1 aromatic rings. The van der Waals surface area contributed by atoms with Gasteiger partial charge in [0.2, 0.25) is 0 Å². The van der Waals surface area contributed by atoms with Crippen LogP contribution in [-0.2, 0) is 13.5 Å². The molecule has 1 N–H and O–H groups in total. The highest BCUT2D eigenvalue weighted by molar-refractivity contribution is 4.93. The Hall–Kier alpha value is -0.310. The van der Waals surface area contributed by atoms with Gasteiger partial charge < -0.3 is 17.0 Å². The maximum absolute atomic E-state index is 3.46. The number of halogens is 1. The monoisotopic (exact) mass is 428 g/mol. The number of nitrogens with zero attached hydrogens (tertiary/aromatic N) is 1. The molecule has 0 aromatic carbocycles. The molecule has 154 valence electrons. The molecule has 3 heteroatoms. The van der Waals surface area contributed by atoms with E-state index in [0.29, 0.717) is 0 Å². The number of imidazole rings is 1. The normalized spacial score (nSPS) is 10.9. The number of aromatic nitrogens is 2. The highest BCUT2D eigenvalue weighted by Gasteiger charge is 2.06. The topological polar surface area (TPSA) is 19.7 Å². The van der Waals surface area contributed by atoms with Crippen LogP contribution in [0, 0.1) is 6.92 Å². The molecule has 0 radical (unpaired) electrons. The van der Waals surface area contributed by atoms with Gasteiger partial charge in [0, 0.05) is 13.3 Å². The predicted octanol–water partition coefficient (Wildman–Crippen LogP) is 3.96. The number of unbranched alkanes of at least 4 members (excludes halogenated alkanes) is 15. The van der Waals surface area contributed by atoms with Crippen molar-refractivity contribution in [2.75, 3.05) is 0 Å². The quantitative estimate of drug-likeness (QED) is 0.286. The number of nitrogens with one attached hydrogen (secondary N) is 1. The molecule has 0 atom stereocenters. The van der Waals surface area contributed by atoms with Gasteiger partial charge in [0.1, 0.15) is 11.9 Å². The molecule has 0 aliphatic carbocycles. The third-order valence-corrected chi connectivity index (χ3v) is 5.52. The summed E-state index contributed by atoms with van der Waals surface area (Å²) in [6, 6.07) is 0. The lowest BCUT2D eigenvalue weighted by atomic mass is 10.0. The number of aryl methyl sites for hydroxylation is 3. The molecular weight excluding hydrogens is 384 g/mol. The molecule has 0 bridgehead atoms. The van der Waals surface area contributed by atoms with E-state index < -0.39 is 0 Å². The second-order valence-corrected chi connectivity index (χ2v) is 8.03. The molecule has 0 unspecified atom stereocenters. The Morgan fingerprint density at radius 3 is 1.42 bits per heavy atom. The van der Waals surface area contributed by atoms with Crippen LogP contribution in [0.1, 0.15) is 121 Å². The summed E-state index contributed by atoms with van der Waals surface area (Å²) in [4.78, 5) is 3.46.